The number of hydrogen-bond acceptors (Lipinski definition) is 6. The Morgan fingerprint density at radius 1 is 0.750 bits per heavy atom. The molecule has 0 amide bonds. The number of rotatable bonds is 4. The van der Waals surface area contributed by atoms with E-state index in [4.69, 9.17) is 18.9 Å². The van der Waals surface area contributed by atoms with Crippen molar-refractivity contribution in [3.63, 3.8) is 0 Å². The van der Waals surface area contributed by atoms with Crippen LogP contribution < -0.4 is 0 Å². The van der Waals surface area contributed by atoms with E-state index in [2.05, 4.69) is 0 Å². The molecule has 0 rings (SSSR count). The van der Waals surface area contributed by atoms with Crippen molar-refractivity contribution in [3.05, 3.63) is 12.2 Å². The van der Waals surface area contributed by atoms with Gasteiger partial charge < -0.3 is 18.9 Å². The molecule has 0 bridgehead atoms. The van der Waals surface area contributed by atoms with Gasteiger partial charge in [0.1, 0.15) is 24.4 Å². The predicted molar refractivity (Wildman–Crippen MR) is 73.5 cm³/mol. The van der Waals surface area contributed by atoms with Gasteiger partial charge in [-0.2, -0.15) is 0 Å². The Morgan fingerprint density at radius 3 is 1.30 bits per heavy atom. The van der Waals surface area contributed by atoms with Gasteiger partial charge in [-0.25, -0.2) is 9.59 Å². The Hall–Kier alpha value is -1.72. The monoisotopic (exact) mass is 288 g/mol. The standard InChI is InChI=1S/C14H24O6/c1-13(2,3)19-11(15)17-9-7-8-10-18-12(16)20-14(4,5)6/h7-8H,9-10H2,1-6H3. The van der Waals surface area contributed by atoms with Crippen molar-refractivity contribution in [2.75, 3.05) is 13.2 Å². The van der Waals surface area contributed by atoms with Crippen LogP contribution in [0.2, 0.25) is 0 Å². The van der Waals surface area contributed by atoms with Crippen LogP contribution >= 0.6 is 0 Å². The van der Waals surface area contributed by atoms with E-state index in [0.717, 1.165) is 0 Å². The number of carbonyl (C=O) groups is 2. The number of carbonyl (C=O) groups excluding carboxylic acids is 2. The van der Waals surface area contributed by atoms with Crippen LogP contribution in [-0.2, 0) is 18.9 Å². The molecule has 0 saturated carbocycles. The zero-order valence-electron chi connectivity index (χ0n) is 13.0. The zero-order chi connectivity index (χ0) is 15.8. The van der Waals surface area contributed by atoms with Crippen molar-refractivity contribution in [2.24, 2.45) is 0 Å². The third kappa shape index (κ3) is 12.7. The first-order chi connectivity index (χ1) is 8.99. The summed E-state index contributed by atoms with van der Waals surface area (Å²) >= 11 is 0. The minimum Gasteiger partial charge on any atom is -0.430 e. The molecule has 0 atom stereocenters. The fraction of sp³-hybridized carbons (Fsp3) is 0.714. The van der Waals surface area contributed by atoms with Crippen LogP contribution in [0.5, 0.6) is 0 Å². The Balaban J connectivity index is 3.73. The minimum atomic E-state index is -0.741. The van der Waals surface area contributed by atoms with Crippen molar-refractivity contribution in [3.8, 4) is 0 Å². The van der Waals surface area contributed by atoms with Gasteiger partial charge in [-0.1, -0.05) is 0 Å². The summed E-state index contributed by atoms with van der Waals surface area (Å²) in [6.45, 7) is 10.6. The van der Waals surface area contributed by atoms with Crippen LogP contribution in [0.15, 0.2) is 12.2 Å². The highest BCUT2D eigenvalue weighted by atomic mass is 16.7. The highest BCUT2D eigenvalue weighted by Gasteiger charge is 2.17. The second-order valence-corrected chi connectivity index (χ2v) is 6.02. The minimum absolute atomic E-state index is 0.0482. The highest BCUT2D eigenvalue weighted by molar-refractivity contribution is 5.61. The maximum Gasteiger partial charge on any atom is 0.509 e. The van der Waals surface area contributed by atoms with Crippen molar-refractivity contribution in [2.45, 2.75) is 52.7 Å². The summed E-state index contributed by atoms with van der Waals surface area (Å²) in [4.78, 5) is 22.3. The summed E-state index contributed by atoms with van der Waals surface area (Å²) in [6.07, 6.45) is 1.62. The van der Waals surface area contributed by atoms with Crippen LogP contribution in [0, 0.1) is 0 Å². The highest BCUT2D eigenvalue weighted by Crippen LogP contribution is 2.08. The molecular weight excluding hydrogens is 264 g/mol. The first-order valence-electron chi connectivity index (χ1n) is 6.36. The van der Waals surface area contributed by atoms with Crippen molar-refractivity contribution in [1.82, 2.24) is 0 Å². The summed E-state index contributed by atoms with van der Waals surface area (Å²) in [5.74, 6) is 0. The average Bonchev–Trinajstić information content (AvgIpc) is 2.17. The molecule has 0 aliphatic carbocycles. The maximum atomic E-state index is 11.2. The summed E-state index contributed by atoms with van der Waals surface area (Å²) in [6, 6.07) is 0. The molecule has 0 N–H and O–H groups in total. The first kappa shape index (κ1) is 18.3. The molecule has 0 radical (unpaired) electrons. The van der Waals surface area contributed by atoms with E-state index in [1.54, 1.807) is 53.7 Å². The SMILES string of the molecule is CC(C)(C)OC(=O)OCC=CCOC(=O)OC(C)(C)C. The number of ether oxygens (including phenoxy) is 4. The molecule has 0 saturated heterocycles. The summed E-state index contributed by atoms with van der Waals surface area (Å²) in [7, 11) is 0. The van der Waals surface area contributed by atoms with Gasteiger partial charge in [0.25, 0.3) is 0 Å². The van der Waals surface area contributed by atoms with Crippen molar-refractivity contribution in [1.29, 1.82) is 0 Å². The molecule has 0 aliphatic heterocycles. The normalized spacial score (nSPS) is 12.1. The van der Waals surface area contributed by atoms with Gasteiger partial charge in [-0.05, 0) is 53.7 Å². The van der Waals surface area contributed by atoms with E-state index in [0.29, 0.717) is 0 Å². The van der Waals surface area contributed by atoms with Gasteiger partial charge in [0.2, 0.25) is 0 Å². The lowest BCUT2D eigenvalue weighted by atomic mass is 10.2. The summed E-state index contributed by atoms with van der Waals surface area (Å²) in [5.41, 5.74) is -1.17. The Bertz CT molecular complexity index is 312. The molecule has 6 nitrogen and oxygen atoms in total. The lowest BCUT2D eigenvalue weighted by Crippen LogP contribution is -2.24. The molecule has 6 heteroatoms. The van der Waals surface area contributed by atoms with Gasteiger partial charge >= 0.3 is 12.3 Å². The molecule has 0 aliphatic rings. The molecule has 0 spiro atoms. The van der Waals surface area contributed by atoms with Gasteiger partial charge in [-0.3, -0.25) is 0 Å². The lowest BCUT2D eigenvalue weighted by molar-refractivity contribution is -0.00508. The quantitative estimate of drug-likeness (QED) is 0.583. The summed E-state index contributed by atoms with van der Waals surface area (Å²) in [5, 5.41) is 0. The topological polar surface area (TPSA) is 71.1 Å². The van der Waals surface area contributed by atoms with Crippen LogP contribution in [0.1, 0.15) is 41.5 Å². The smallest absolute Gasteiger partial charge is 0.430 e. The maximum absolute atomic E-state index is 11.2. The lowest BCUT2D eigenvalue weighted by Gasteiger charge is -2.18. The molecule has 0 aromatic rings. The third-order valence-corrected chi connectivity index (χ3v) is 1.54. The fourth-order valence-corrected chi connectivity index (χ4v) is 0.927. The van der Waals surface area contributed by atoms with Gasteiger partial charge in [-0.15, -0.1) is 0 Å². The van der Waals surface area contributed by atoms with E-state index in [9.17, 15) is 9.59 Å². The average molecular weight is 288 g/mol. The van der Waals surface area contributed by atoms with Crippen LogP contribution in [-0.4, -0.2) is 36.7 Å². The van der Waals surface area contributed by atoms with E-state index < -0.39 is 23.5 Å². The van der Waals surface area contributed by atoms with Crippen LogP contribution in [0.4, 0.5) is 9.59 Å². The first-order valence-corrected chi connectivity index (χ1v) is 6.36. The molecule has 0 fully saturated rings. The molecule has 0 unspecified atom stereocenters. The second-order valence-electron chi connectivity index (χ2n) is 6.02. The van der Waals surface area contributed by atoms with E-state index in [1.807, 2.05) is 0 Å². The summed E-state index contributed by atoms with van der Waals surface area (Å²) < 4.78 is 19.4. The van der Waals surface area contributed by atoms with Crippen molar-refractivity contribution >= 4 is 12.3 Å². The second kappa shape index (κ2) is 7.77. The fourth-order valence-electron chi connectivity index (χ4n) is 0.927. The molecular formula is C14H24O6. The molecule has 116 valence electrons. The largest absolute Gasteiger partial charge is 0.509 e. The molecule has 0 aromatic heterocycles. The Labute approximate surface area is 120 Å². The van der Waals surface area contributed by atoms with E-state index in [1.165, 1.54) is 0 Å². The third-order valence-electron chi connectivity index (χ3n) is 1.54. The van der Waals surface area contributed by atoms with Crippen molar-refractivity contribution < 1.29 is 28.5 Å². The van der Waals surface area contributed by atoms with Crippen LogP contribution in [0.3, 0.4) is 0 Å². The Morgan fingerprint density at radius 2 is 1.05 bits per heavy atom. The van der Waals surface area contributed by atoms with Gasteiger partial charge in [0.05, 0.1) is 0 Å². The van der Waals surface area contributed by atoms with Gasteiger partial charge in [0.15, 0.2) is 0 Å². The van der Waals surface area contributed by atoms with Gasteiger partial charge in [0, 0.05) is 0 Å². The van der Waals surface area contributed by atoms with Crippen LogP contribution in [0.25, 0.3) is 0 Å². The number of hydrogen-bond donors (Lipinski definition) is 0. The Kier molecular flexibility index (Phi) is 7.10. The predicted octanol–water partition coefficient (Wildman–Crippen LogP) is 3.45. The molecule has 0 heterocycles. The zero-order valence-corrected chi connectivity index (χ0v) is 13.0. The van der Waals surface area contributed by atoms with E-state index in [-0.39, 0.29) is 13.2 Å². The molecule has 0 aromatic carbocycles. The molecule has 20 heavy (non-hydrogen) atoms. The van der Waals surface area contributed by atoms with E-state index >= 15 is 0 Å².